The molecule has 1 heterocycles. The summed E-state index contributed by atoms with van der Waals surface area (Å²) in [5.41, 5.74) is 1.25. The first kappa shape index (κ1) is 14.6. The fourth-order valence-corrected chi connectivity index (χ4v) is 1.49. The third-order valence-corrected chi connectivity index (χ3v) is 2.50. The molecule has 0 aromatic carbocycles. The van der Waals surface area contributed by atoms with E-state index in [0.717, 1.165) is 13.0 Å². The van der Waals surface area contributed by atoms with Crippen LogP contribution in [0.4, 0.5) is 0 Å². The van der Waals surface area contributed by atoms with Gasteiger partial charge in [0, 0.05) is 39.0 Å². The van der Waals surface area contributed by atoms with Crippen molar-refractivity contribution in [3.63, 3.8) is 0 Å². The Bertz CT molecular complexity index is 330. The highest BCUT2D eigenvalue weighted by atomic mass is 16.5. The summed E-state index contributed by atoms with van der Waals surface area (Å²) in [6.07, 6.45) is 5.03. The van der Waals surface area contributed by atoms with Crippen LogP contribution in [0.25, 0.3) is 0 Å². The number of nitrogens with one attached hydrogen (secondary N) is 2. The number of aromatic nitrogens is 1. The van der Waals surface area contributed by atoms with Crippen LogP contribution >= 0.6 is 0 Å². The fraction of sp³-hybridized carbons (Fsp3) is 0.538. The summed E-state index contributed by atoms with van der Waals surface area (Å²) < 4.78 is 4.85. The summed E-state index contributed by atoms with van der Waals surface area (Å²) in [5, 5.41) is 6.02. The maximum Gasteiger partial charge on any atom is 0.221 e. The Labute approximate surface area is 108 Å². The molecule has 0 saturated heterocycles. The Morgan fingerprint density at radius 1 is 1.28 bits per heavy atom. The van der Waals surface area contributed by atoms with Gasteiger partial charge >= 0.3 is 0 Å². The monoisotopic (exact) mass is 251 g/mol. The molecule has 1 aromatic heterocycles. The number of ether oxygens (including phenoxy) is 1. The summed E-state index contributed by atoms with van der Waals surface area (Å²) in [5.74, 6) is 0.0588. The minimum Gasteiger partial charge on any atom is -0.383 e. The smallest absolute Gasteiger partial charge is 0.221 e. The molecule has 0 aliphatic carbocycles. The molecule has 0 atom stereocenters. The second kappa shape index (κ2) is 9.56. The molecule has 100 valence electrons. The minimum absolute atomic E-state index is 0.0588. The van der Waals surface area contributed by atoms with E-state index in [4.69, 9.17) is 4.74 Å². The standard InChI is InChI=1S/C13H21N3O2/c1-18-11-10-16-13(17)5-9-15-8-4-12-2-6-14-7-3-12/h2-3,6-7,15H,4-5,8-11H2,1H3,(H,16,17). The first-order valence-electron chi connectivity index (χ1n) is 6.18. The number of carbonyl (C=O) groups excluding carboxylic acids is 1. The van der Waals surface area contributed by atoms with Crippen molar-refractivity contribution < 1.29 is 9.53 Å². The van der Waals surface area contributed by atoms with Gasteiger partial charge in [0.25, 0.3) is 0 Å². The normalized spacial score (nSPS) is 10.3. The van der Waals surface area contributed by atoms with Gasteiger partial charge in [-0.15, -0.1) is 0 Å². The van der Waals surface area contributed by atoms with Crippen molar-refractivity contribution in [2.45, 2.75) is 12.8 Å². The van der Waals surface area contributed by atoms with Gasteiger partial charge in [-0.05, 0) is 30.7 Å². The fourth-order valence-electron chi connectivity index (χ4n) is 1.49. The van der Waals surface area contributed by atoms with Crippen molar-refractivity contribution in [1.29, 1.82) is 0 Å². The molecule has 1 aromatic rings. The van der Waals surface area contributed by atoms with E-state index in [0.29, 0.717) is 26.1 Å². The summed E-state index contributed by atoms with van der Waals surface area (Å²) in [6.45, 7) is 2.70. The van der Waals surface area contributed by atoms with Crippen LogP contribution in [0, 0.1) is 0 Å². The lowest BCUT2D eigenvalue weighted by molar-refractivity contribution is -0.121. The number of rotatable bonds is 9. The first-order valence-corrected chi connectivity index (χ1v) is 6.18. The van der Waals surface area contributed by atoms with Crippen molar-refractivity contribution in [3.05, 3.63) is 30.1 Å². The molecule has 0 bridgehead atoms. The van der Waals surface area contributed by atoms with Crippen molar-refractivity contribution in [2.24, 2.45) is 0 Å². The Morgan fingerprint density at radius 3 is 2.78 bits per heavy atom. The Balaban J connectivity index is 1.97. The van der Waals surface area contributed by atoms with E-state index >= 15 is 0 Å². The zero-order valence-electron chi connectivity index (χ0n) is 10.8. The second-order valence-electron chi connectivity index (χ2n) is 3.95. The largest absolute Gasteiger partial charge is 0.383 e. The van der Waals surface area contributed by atoms with Crippen LogP contribution in [0.15, 0.2) is 24.5 Å². The van der Waals surface area contributed by atoms with Crippen LogP contribution in [0.2, 0.25) is 0 Å². The van der Waals surface area contributed by atoms with Crippen LogP contribution in [0.3, 0.4) is 0 Å². The summed E-state index contributed by atoms with van der Waals surface area (Å²) in [6, 6.07) is 4.00. The molecule has 0 unspecified atom stereocenters. The molecule has 0 radical (unpaired) electrons. The number of methoxy groups -OCH3 is 1. The van der Waals surface area contributed by atoms with Gasteiger partial charge in [0.2, 0.25) is 5.91 Å². The predicted octanol–water partition coefficient (Wildman–Crippen LogP) is 0.366. The van der Waals surface area contributed by atoms with Crippen LogP contribution in [0.1, 0.15) is 12.0 Å². The maximum absolute atomic E-state index is 11.3. The zero-order valence-corrected chi connectivity index (χ0v) is 10.8. The molecule has 0 aliphatic rings. The molecule has 0 saturated carbocycles. The lowest BCUT2D eigenvalue weighted by Gasteiger charge is -2.06. The minimum atomic E-state index is 0.0588. The van der Waals surface area contributed by atoms with Gasteiger partial charge in [-0.1, -0.05) is 0 Å². The molecule has 0 fully saturated rings. The summed E-state index contributed by atoms with van der Waals surface area (Å²) >= 11 is 0. The number of hydrogen-bond donors (Lipinski definition) is 2. The maximum atomic E-state index is 11.3. The average molecular weight is 251 g/mol. The van der Waals surface area contributed by atoms with Crippen LogP contribution in [0.5, 0.6) is 0 Å². The molecular weight excluding hydrogens is 230 g/mol. The van der Waals surface area contributed by atoms with Gasteiger partial charge in [0.05, 0.1) is 6.61 Å². The first-order chi connectivity index (χ1) is 8.83. The Morgan fingerprint density at radius 2 is 2.06 bits per heavy atom. The second-order valence-corrected chi connectivity index (χ2v) is 3.95. The van der Waals surface area contributed by atoms with E-state index in [-0.39, 0.29) is 5.91 Å². The molecular formula is C13H21N3O2. The van der Waals surface area contributed by atoms with E-state index in [9.17, 15) is 4.79 Å². The number of amides is 1. The van der Waals surface area contributed by atoms with Crippen LogP contribution in [-0.4, -0.2) is 44.2 Å². The SMILES string of the molecule is COCCNC(=O)CCNCCc1ccncc1. The lowest BCUT2D eigenvalue weighted by atomic mass is 10.2. The highest BCUT2D eigenvalue weighted by molar-refractivity contribution is 5.75. The van der Waals surface area contributed by atoms with Gasteiger partial charge in [0.1, 0.15) is 0 Å². The Hall–Kier alpha value is -1.46. The molecule has 5 nitrogen and oxygen atoms in total. The summed E-state index contributed by atoms with van der Waals surface area (Å²) in [4.78, 5) is 15.3. The molecule has 0 spiro atoms. The number of nitrogens with zero attached hydrogens (tertiary/aromatic N) is 1. The van der Waals surface area contributed by atoms with Gasteiger partial charge in [-0.3, -0.25) is 9.78 Å². The third kappa shape index (κ3) is 6.98. The van der Waals surface area contributed by atoms with Crippen molar-refractivity contribution in [3.8, 4) is 0 Å². The van der Waals surface area contributed by atoms with Crippen molar-refractivity contribution in [1.82, 2.24) is 15.6 Å². The highest BCUT2D eigenvalue weighted by Crippen LogP contribution is 1.95. The highest BCUT2D eigenvalue weighted by Gasteiger charge is 1.99. The van der Waals surface area contributed by atoms with Crippen LogP contribution < -0.4 is 10.6 Å². The van der Waals surface area contributed by atoms with E-state index in [2.05, 4.69) is 15.6 Å². The number of carbonyl (C=O) groups is 1. The van der Waals surface area contributed by atoms with E-state index in [1.54, 1.807) is 19.5 Å². The zero-order chi connectivity index (χ0) is 13.1. The van der Waals surface area contributed by atoms with Gasteiger partial charge < -0.3 is 15.4 Å². The molecule has 1 rings (SSSR count). The van der Waals surface area contributed by atoms with Gasteiger partial charge in [-0.25, -0.2) is 0 Å². The van der Waals surface area contributed by atoms with Crippen LogP contribution in [-0.2, 0) is 16.0 Å². The third-order valence-electron chi connectivity index (χ3n) is 2.50. The summed E-state index contributed by atoms with van der Waals surface area (Å²) in [7, 11) is 1.62. The number of hydrogen-bond acceptors (Lipinski definition) is 4. The van der Waals surface area contributed by atoms with Gasteiger partial charge in [0.15, 0.2) is 0 Å². The molecule has 5 heteroatoms. The van der Waals surface area contributed by atoms with E-state index < -0.39 is 0 Å². The van der Waals surface area contributed by atoms with Crippen molar-refractivity contribution in [2.75, 3.05) is 33.4 Å². The Kier molecular flexibility index (Phi) is 7.75. The quantitative estimate of drug-likeness (QED) is 0.622. The predicted molar refractivity (Wildman–Crippen MR) is 70.3 cm³/mol. The topological polar surface area (TPSA) is 63.2 Å². The van der Waals surface area contributed by atoms with E-state index in [1.807, 2.05) is 12.1 Å². The van der Waals surface area contributed by atoms with Crippen molar-refractivity contribution >= 4 is 5.91 Å². The number of pyridine rings is 1. The average Bonchev–Trinajstić information content (AvgIpc) is 2.40. The van der Waals surface area contributed by atoms with Gasteiger partial charge in [-0.2, -0.15) is 0 Å². The molecule has 2 N–H and O–H groups in total. The molecule has 18 heavy (non-hydrogen) atoms. The lowest BCUT2D eigenvalue weighted by Crippen LogP contribution is -2.30. The van der Waals surface area contributed by atoms with E-state index in [1.165, 1.54) is 5.56 Å². The molecule has 1 amide bonds. The molecule has 0 aliphatic heterocycles.